The number of likely N-dealkylation sites (tertiary alicyclic amines) is 1. The normalized spacial score (nSPS) is 30.5. The third-order valence-electron chi connectivity index (χ3n) is 5.35. The van der Waals surface area contributed by atoms with Crippen molar-refractivity contribution in [1.82, 2.24) is 9.96 Å². The van der Waals surface area contributed by atoms with Crippen LogP contribution in [0.3, 0.4) is 0 Å². The van der Waals surface area contributed by atoms with Crippen LogP contribution in [0.4, 0.5) is 4.39 Å². The van der Waals surface area contributed by atoms with Crippen molar-refractivity contribution in [2.45, 2.75) is 13.0 Å². The molecule has 6 heteroatoms. The number of hydrogen-bond donors (Lipinski definition) is 0. The molecule has 1 aromatic carbocycles. The molecule has 0 bridgehead atoms. The van der Waals surface area contributed by atoms with Crippen LogP contribution < -0.4 is 0 Å². The summed E-state index contributed by atoms with van der Waals surface area (Å²) in [6.45, 7) is 5.12. The zero-order chi connectivity index (χ0) is 16.5. The smallest absolute Gasteiger partial charge is 0.251 e. The Balaban J connectivity index is 1.42. The van der Waals surface area contributed by atoms with E-state index < -0.39 is 0 Å². The average molecular weight is 334 g/mol. The number of hydroxylamine groups is 2. The van der Waals surface area contributed by atoms with Crippen LogP contribution in [0.15, 0.2) is 24.3 Å². The Hall–Kier alpha value is -1.50. The molecule has 4 rings (SSSR count). The second kappa shape index (κ2) is 6.78. The Labute approximate surface area is 141 Å². The number of amides is 1. The highest BCUT2D eigenvalue weighted by Gasteiger charge is 2.45. The van der Waals surface area contributed by atoms with Crippen LogP contribution >= 0.6 is 0 Å². The maximum absolute atomic E-state index is 13.0. The number of halogens is 1. The molecule has 0 unspecified atom stereocenters. The molecular weight excluding hydrogens is 311 g/mol. The minimum absolute atomic E-state index is 0.0748. The fraction of sp³-hybridized carbons (Fsp3) is 0.611. The van der Waals surface area contributed by atoms with Gasteiger partial charge in [0.05, 0.1) is 32.3 Å². The molecule has 5 nitrogen and oxygen atoms in total. The van der Waals surface area contributed by atoms with Crippen molar-refractivity contribution in [3.05, 3.63) is 35.6 Å². The van der Waals surface area contributed by atoms with Crippen LogP contribution in [0.25, 0.3) is 0 Å². The molecule has 3 saturated heterocycles. The molecular formula is C18H23FN2O3. The van der Waals surface area contributed by atoms with Crippen molar-refractivity contribution in [1.29, 1.82) is 0 Å². The highest BCUT2D eigenvalue weighted by Crippen LogP contribution is 2.36. The van der Waals surface area contributed by atoms with Gasteiger partial charge in [-0.1, -0.05) is 12.1 Å². The van der Waals surface area contributed by atoms with Gasteiger partial charge in [-0.25, -0.2) is 9.45 Å². The Morgan fingerprint density at radius 3 is 2.79 bits per heavy atom. The van der Waals surface area contributed by atoms with Gasteiger partial charge in [0.1, 0.15) is 5.82 Å². The Morgan fingerprint density at radius 1 is 1.21 bits per heavy atom. The number of nitrogens with zero attached hydrogens (tertiary/aromatic N) is 2. The number of carbonyl (C=O) groups excluding carboxylic acids is 1. The maximum Gasteiger partial charge on any atom is 0.251 e. The van der Waals surface area contributed by atoms with E-state index in [0.29, 0.717) is 31.6 Å². The monoisotopic (exact) mass is 334 g/mol. The predicted octanol–water partition coefficient (Wildman–Crippen LogP) is 1.68. The van der Waals surface area contributed by atoms with Crippen molar-refractivity contribution < 1.29 is 18.8 Å². The van der Waals surface area contributed by atoms with E-state index in [1.807, 2.05) is 12.1 Å². The third kappa shape index (κ3) is 3.18. The average Bonchev–Trinajstić information content (AvgIpc) is 3.25. The fourth-order valence-corrected chi connectivity index (χ4v) is 4.13. The molecule has 1 aromatic rings. The topological polar surface area (TPSA) is 42.0 Å². The maximum atomic E-state index is 13.0. The molecule has 1 amide bonds. The predicted molar refractivity (Wildman–Crippen MR) is 85.2 cm³/mol. The van der Waals surface area contributed by atoms with Gasteiger partial charge in [0.2, 0.25) is 0 Å². The molecule has 0 N–H and O–H groups in total. The summed E-state index contributed by atoms with van der Waals surface area (Å²) in [5, 5.41) is 1.53. The summed E-state index contributed by atoms with van der Waals surface area (Å²) in [5.74, 6) is 0.455. The minimum Gasteiger partial charge on any atom is -0.380 e. The van der Waals surface area contributed by atoms with Crippen molar-refractivity contribution in [3.8, 4) is 0 Å². The molecule has 0 aliphatic carbocycles. The first-order valence-corrected chi connectivity index (χ1v) is 8.69. The summed E-state index contributed by atoms with van der Waals surface area (Å²) in [6, 6.07) is 6.65. The fourth-order valence-electron chi connectivity index (χ4n) is 4.13. The summed E-state index contributed by atoms with van der Waals surface area (Å²) in [4.78, 5) is 20.5. The molecule has 0 saturated carbocycles. The van der Waals surface area contributed by atoms with Gasteiger partial charge in [-0.2, -0.15) is 0 Å². The first kappa shape index (κ1) is 16.0. The van der Waals surface area contributed by atoms with Crippen LogP contribution in [0, 0.1) is 23.6 Å². The van der Waals surface area contributed by atoms with Gasteiger partial charge < -0.3 is 4.74 Å². The highest BCUT2D eigenvalue weighted by molar-refractivity contribution is 5.78. The molecule has 130 valence electrons. The largest absolute Gasteiger partial charge is 0.380 e. The lowest BCUT2D eigenvalue weighted by Crippen LogP contribution is -2.45. The second-order valence-electron chi connectivity index (χ2n) is 7.02. The zero-order valence-electron chi connectivity index (χ0n) is 13.7. The lowest BCUT2D eigenvalue weighted by molar-refractivity contribution is -0.181. The Morgan fingerprint density at radius 2 is 2.04 bits per heavy atom. The van der Waals surface area contributed by atoms with E-state index in [0.717, 1.165) is 38.2 Å². The molecule has 0 radical (unpaired) electrons. The van der Waals surface area contributed by atoms with Gasteiger partial charge >= 0.3 is 0 Å². The van der Waals surface area contributed by atoms with Crippen LogP contribution in [-0.4, -0.2) is 55.3 Å². The molecule has 3 heterocycles. The molecule has 3 aliphatic rings. The molecule has 0 aromatic heterocycles. The van der Waals surface area contributed by atoms with Crippen molar-refractivity contribution in [3.63, 3.8) is 0 Å². The lowest BCUT2D eigenvalue weighted by Gasteiger charge is -2.33. The molecule has 24 heavy (non-hydrogen) atoms. The Kier molecular flexibility index (Phi) is 4.52. The molecule has 3 aliphatic heterocycles. The molecule has 3 fully saturated rings. The van der Waals surface area contributed by atoms with Crippen molar-refractivity contribution >= 4 is 5.91 Å². The summed E-state index contributed by atoms with van der Waals surface area (Å²) in [5.41, 5.74) is 1.10. The third-order valence-corrected chi connectivity index (χ3v) is 5.35. The SMILES string of the molecule is O=C([C@@H]1COC[C@@H]2CN(Cc3ccc(F)cc3)C[C@@H]21)N1CCCO1. The van der Waals surface area contributed by atoms with Crippen LogP contribution in [0.1, 0.15) is 12.0 Å². The van der Waals surface area contributed by atoms with Crippen LogP contribution in [0.5, 0.6) is 0 Å². The van der Waals surface area contributed by atoms with E-state index in [2.05, 4.69) is 4.90 Å². The van der Waals surface area contributed by atoms with Crippen LogP contribution in [-0.2, 0) is 20.9 Å². The van der Waals surface area contributed by atoms with E-state index in [-0.39, 0.29) is 17.6 Å². The van der Waals surface area contributed by atoms with E-state index in [1.54, 1.807) is 0 Å². The summed E-state index contributed by atoms with van der Waals surface area (Å²) in [6.07, 6.45) is 0.907. The van der Waals surface area contributed by atoms with Gasteiger partial charge in [-0.05, 0) is 36.0 Å². The molecule has 0 spiro atoms. The highest BCUT2D eigenvalue weighted by atomic mass is 19.1. The van der Waals surface area contributed by atoms with Crippen molar-refractivity contribution in [2.24, 2.45) is 17.8 Å². The number of fused-ring (bicyclic) bond motifs is 1. The quantitative estimate of drug-likeness (QED) is 0.844. The van der Waals surface area contributed by atoms with Crippen molar-refractivity contribution in [2.75, 3.05) is 39.5 Å². The lowest BCUT2D eigenvalue weighted by atomic mass is 9.82. The molecule has 3 atom stereocenters. The summed E-state index contributed by atoms with van der Waals surface area (Å²) < 4.78 is 18.8. The van der Waals surface area contributed by atoms with E-state index in [4.69, 9.17) is 9.57 Å². The number of rotatable bonds is 3. The van der Waals surface area contributed by atoms with E-state index in [9.17, 15) is 9.18 Å². The first-order chi connectivity index (χ1) is 11.7. The Bertz CT molecular complexity index is 588. The number of hydrogen-bond acceptors (Lipinski definition) is 4. The number of carbonyl (C=O) groups is 1. The standard InChI is InChI=1S/C18H23FN2O3/c19-15-4-2-13(3-5-15)8-20-9-14-11-23-12-17(16(14)10-20)18(22)21-6-1-7-24-21/h2-5,14,16-17H,1,6-12H2/t14-,16-,17+/m0/s1. The zero-order valence-corrected chi connectivity index (χ0v) is 13.7. The second-order valence-corrected chi connectivity index (χ2v) is 7.02. The van der Waals surface area contributed by atoms with Crippen LogP contribution in [0.2, 0.25) is 0 Å². The number of ether oxygens (including phenoxy) is 1. The van der Waals surface area contributed by atoms with Gasteiger partial charge in [-0.3, -0.25) is 14.5 Å². The number of benzene rings is 1. The van der Waals surface area contributed by atoms with Gasteiger partial charge in [0, 0.05) is 19.6 Å². The minimum atomic E-state index is -0.210. The van der Waals surface area contributed by atoms with Gasteiger partial charge in [0.25, 0.3) is 5.91 Å². The summed E-state index contributed by atoms with van der Waals surface area (Å²) in [7, 11) is 0. The summed E-state index contributed by atoms with van der Waals surface area (Å²) >= 11 is 0. The van der Waals surface area contributed by atoms with E-state index in [1.165, 1.54) is 17.2 Å². The van der Waals surface area contributed by atoms with Gasteiger partial charge in [0.15, 0.2) is 0 Å². The first-order valence-electron chi connectivity index (χ1n) is 8.69. The van der Waals surface area contributed by atoms with Gasteiger partial charge in [-0.15, -0.1) is 0 Å². The van der Waals surface area contributed by atoms with E-state index >= 15 is 0 Å².